The summed E-state index contributed by atoms with van der Waals surface area (Å²) >= 11 is 0. The van der Waals surface area contributed by atoms with Crippen molar-refractivity contribution in [3.8, 4) is 0 Å². The van der Waals surface area contributed by atoms with Crippen molar-refractivity contribution in [3.63, 3.8) is 0 Å². The van der Waals surface area contributed by atoms with Crippen LogP contribution in [0.2, 0.25) is 0 Å². The van der Waals surface area contributed by atoms with Gasteiger partial charge >= 0.3 is 0 Å². The van der Waals surface area contributed by atoms with Crippen molar-refractivity contribution in [2.45, 2.75) is 56.9 Å². The van der Waals surface area contributed by atoms with Crippen molar-refractivity contribution in [3.05, 3.63) is 0 Å². The largest absolute Gasteiger partial charge is 0.329 e. The van der Waals surface area contributed by atoms with E-state index in [9.17, 15) is 8.42 Å². The highest BCUT2D eigenvalue weighted by atomic mass is 32.2. The number of hydrogen-bond donors (Lipinski definition) is 2. The Morgan fingerprint density at radius 3 is 2.06 bits per heavy atom. The maximum atomic E-state index is 12.4. The van der Waals surface area contributed by atoms with Gasteiger partial charge in [-0.2, -0.15) is 17.4 Å². The lowest BCUT2D eigenvalue weighted by atomic mass is 10.0. The van der Waals surface area contributed by atoms with Gasteiger partial charge in [-0.15, -0.1) is 0 Å². The molecule has 0 unspecified atom stereocenters. The highest BCUT2D eigenvalue weighted by Crippen LogP contribution is 2.30. The van der Waals surface area contributed by atoms with E-state index < -0.39 is 10.2 Å². The van der Waals surface area contributed by atoms with E-state index in [0.717, 1.165) is 51.4 Å². The third-order valence-corrected chi connectivity index (χ3v) is 5.94. The lowest BCUT2D eigenvalue weighted by Crippen LogP contribution is -2.55. The zero-order chi connectivity index (χ0) is 13.1. The quantitative estimate of drug-likeness (QED) is 0.802. The second-order valence-electron chi connectivity index (χ2n) is 5.61. The molecule has 2 fully saturated rings. The third kappa shape index (κ3) is 3.23. The van der Waals surface area contributed by atoms with Crippen LogP contribution in [0.5, 0.6) is 0 Å². The smallest absolute Gasteiger partial charge is 0.279 e. The number of nitrogens with one attached hydrogen (secondary N) is 1. The van der Waals surface area contributed by atoms with Crippen molar-refractivity contribution in [1.29, 1.82) is 0 Å². The fraction of sp³-hybridized carbons (Fsp3) is 1.00. The maximum Gasteiger partial charge on any atom is 0.279 e. The van der Waals surface area contributed by atoms with E-state index in [0.29, 0.717) is 19.6 Å². The first-order valence-electron chi connectivity index (χ1n) is 7.07. The van der Waals surface area contributed by atoms with Gasteiger partial charge in [-0.3, -0.25) is 0 Å². The molecular formula is C12H25N3O2S. The van der Waals surface area contributed by atoms with Crippen LogP contribution < -0.4 is 10.5 Å². The van der Waals surface area contributed by atoms with Gasteiger partial charge in [-0.1, -0.05) is 25.7 Å². The van der Waals surface area contributed by atoms with Gasteiger partial charge < -0.3 is 5.73 Å². The molecule has 0 radical (unpaired) electrons. The zero-order valence-corrected chi connectivity index (χ0v) is 11.8. The van der Waals surface area contributed by atoms with E-state index in [1.54, 1.807) is 4.31 Å². The monoisotopic (exact) mass is 275 g/mol. The van der Waals surface area contributed by atoms with E-state index in [2.05, 4.69) is 4.72 Å². The van der Waals surface area contributed by atoms with Gasteiger partial charge in [-0.25, -0.2) is 0 Å². The Labute approximate surface area is 110 Å². The Hall–Kier alpha value is -0.170. The normalized spacial score (nSPS) is 26.1. The van der Waals surface area contributed by atoms with Crippen molar-refractivity contribution in [1.82, 2.24) is 9.03 Å². The van der Waals surface area contributed by atoms with Crippen LogP contribution in [-0.4, -0.2) is 37.9 Å². The van der Waals surface area contributed by atoms with E-state index in [1.165, 1.54) is 0 Å². The van der Waals surface area contributed by atoms with Gasteiger partial charge in [0, 0.05) is 25.2 Å². The van der Waals surface area contributed by atoms with E-state index in [1.807, 2.05) is 0 Å². The van der Waals surface area contributed by atoms with Gasteiger partial charge in [0.05, 0.1) is 0 Å². The van der Waals surface area contributed by atoms with Gasteiger partial charge in [0.2, 0.25) is 0 Å². The van der Waals surface area contributed by atoms with Crippen molar-refractivity contribution in [2.75, 3.05) is 19.6 Å². The summed E-state index contributed by atoms with van der Waals surface area (Å²) in [5.41, 5.74) is 5.41. The van der Waals surface area contributed by atoms with E-state index in [-0.39, 0.29) is 5.54 Å². The minimum atomic E-state index is -3.36. The lowest BCUT2D eigenvalue weighted by molar-refractivity contribution is 0.359. The van der Waals surface area contributed by atoms with Crippen LogP contribution in [0.25, 0.3) is 0 Å². The second kappa shape index (κ2) is 5.86. The van der Waals surface area contributed by atoms with Crippen LogP contribution in [0.1, 0.15) is 51.4 Å². The molecule has 1 heterocycles. The minimum absolute atomic E-state index is 0.384. The highest BCUT2D eigenvalue weighted by Gasteiger charge is 2.38. The zero-order valence-electron chi connectivity index (χ0n) is 11.0. The topological polar surface area (TPSA) is 75.4 Å². The molecule has 18 heavy (non-hydrogen) atoms. The highest BCUT2D eigenvalue weighted by molar-refractivity contribution is 7.87. The Morgan fingerprint density at radius 2 is 1.56 bits per heavy atom. The van der Waals surface area contributed by atoms with Gasteiger partial charge in [0.1, 0.15) is 0 Å². The summed E-state index contributed by atoms with van der Waals surface area (Å²) in [6.07, 6.45) is 8.09. The molecule has 5 nitrogen and oxygen atoms in total. The van der Waals surface area contributed by atoms with Crippen LogP contribution in [0.3, 0.4) is 0 Å². The summed E-state index contributed by atoms with van der Waals surface area (Å²) in [6, 6.07) is 0. The first-order chi connectivity index (χ1) is 8.58. The predicted octanol–water partition coefficient (Wildman–Crippen LogP) is 0.968. The van der Waals surface area contributed by atoms with Gasteiger partial charge in [0.15, 0.2) is 0 Å². The van der Waals surface area contributed by atoms with Gasteiger partial charge in [-0.05, 0) is 25.7 Å². The SMILES string of the molecule is NCC1(NS(=O)(=O)N2CCCCCC2)CCCC1. The number of hydrogen-bond acceptors (Lipinski definition) is 3. The lowest BCUT2D eigenvalue weighted by Gasteiger charge is -2.31. The van der Waals surface area contributed by atoms with Crippen LogP contribution >= 0.6 is 0 Å². The molecule has 0 spiro atoms. The summed E-state index contributed by atoms with van der Waals surface area (Å²) in [5, 5.41) is 0. The number of nitrogens with zero attached hydrogens (tertiary/aromatic N) is 1. The fourth-order valence-corrected chi connectivity index (χ4v) is 4.72. The molecule has 0 atom stereocenters. The van der Waals surface area contributed by atoms with Crippen LogP contribution in [0.4, 0.5) is 0 Å². The molecule has 1 saturated carbocycles. The molecule has 3 N–H and O–H groups in total. The third-order valence-electron chi connectivity index (χ3n) is 4.20. The van der Waals surface area contributed by atoms with Crippen molar-refractivity contribution < 1.29 is 8.42 Å². The average molecular weight is 275 g/mol. The van der Waals surface area contributed by atoms with Crippen molar-refractivity contribution in [2.24, 2.45) is 5.73 Å². The molecule has 6 heteroatoms. The fourth-order valence-electron chi connectivity index (χ4n) is 3.02. The van der Waals surface area contributed by atoms with Crippen LogP contribution in [-0.2, 0) is 10.2 Å². The molecule has 106 valence electrons. The molecular weight excluding hydrogens is 250 g/mol. The molecule has 0 aromatic rings. The maximum absolute atomic E-state index is 12.4. The molecule has 0 bridgehead atoms. The van der Waals surface area contributed by atoms with E-state index >= 15 is 0 Å². The number of nitrogens with two attached hydrogens (primary N) is 1. The molecule has 0 aromatic heterocycles. The first-order valence-corrected chi connectivity index (χ1v) is 8.51. The van der Waals surface area contributed by atoms with E-state index in [4.69, 9.17) is 5.73 Å². The molecule has 2 rings (SSSR count). The summed E-state index contributed by atoms with van der Waals surface area (Å²) in [5.74, 6) is 0. The summed E-state index contributed by atoms with van der Waals surface area (Å²) in [4.78, 5) is 0. The second-order valence-corrected chi connectivity index (χ2v) is 7.28. The Morgan fingerprint density at radius 1 is 1.00 bits per heavy atom. The standard InChI is InChI=1S/C12H25N3O2S/c13-11-12(7-3-4-8-12)14-18(16,17)15-9-5-1-2-6-10-15/h14H,1-11,13H2. The summed E-state index contributed by atoms with van der Waals surface area (Å²) in [6.45, 7) is 1.70. The number of rotatable bonds is 4. The summed E-state index contributed by atoms with van der Waals surface area (Å²) < 4.78 is 29.3. The van der Waals surface area contributed by atoms with Crippen molar-refractivity contribution >= 4 is 10.2 Å². The Kier molecular flexibility index (Phi) is 4.64. The molecule has 1 aliphatic heterocycles. The van der Waals surface area contributed by atoms with Crippen LogP contribution in [0.15, 0.2) is 0 Å². The van der Waals surface area contributed by atoms with Gasteiger partial charge in [0.25, 0.3) is 10.2 Å². The molecule has 2 aliphatic rings. The molecule has 1 aliphatic carbocycles. The van der Waals surface area contributed by atoms with Crippen LogP contribution in [0, 0.1) is 0 Å². The first kappa shape index (κ1) is 14.2. The molecule has 0 amide bonds. The average Bonchev–Trinajstić information content (AvgIpc) is 2.63. The molecule has 0 aromatic carbocycles. The Balaban J connectivity index is 2.05. The Bertz CT molecular complexity index is 356. The predicted molar refractivity (Wildman–Crippen MR) is 72.3 cm³/mol. The minimum Gasteiger partial charge on any atom is -0.329 e. The summed E-state index contributed by atoms with van der Waals surface area (Å²) in [7, 11) is -3.36. The molecule has 1 saturated heterocycles.